The van der Waals surface area contributed by atoms with Gasteiger partial charge in [0.2, 0.25) is 11.8 Å². The Hall–Kier alpha value is -2.70. The summed E-state index contributed by atoms with van der Waals surface area (Å²) in [6.07, 6.45) is 0. The molecule has 7 heteroatoms. The van der Waals surface area contributed by atoms with Crippen molar-refractivity contribution in [2.45, 2.75) is 13.0 Å². The van der Waals surface area contributed by atoms with E-state index in [9.17, 15) is 4.39 Å². The zero-order chi connectivity index (χ0) is 20.4. The summed E-state index contributed by atoms with van der Waals surface area (Å²) in [7, 11) is 0. The van der Waals surface area contributed by atoms with Gasteiger partial charge in [0.15, 0.2) is 0 Å². The van der Waals surface area contributed by atoms with E-state index in [1.807, 2.05) is 43.3 Å². The average Bonchev–Trinajstić information content (AvgIpc) is 3.19. The third-order valence-corrected chi connectivity index (χ3v) is 5.68. The number of nitrogens with zero attached hydrogens (tertiary/aromatic N) is 2. The molecule has 1 aromatic heterocycles. The maximum atomic E-state index is 13.5. The van der Waals surface area contributed by atoms with Crippen LogP contribution < -0.4 is 5.32 Å². The molecule has 1 N–H and O–H groups in total. The highest BCUT2D eigenvalue weighted by atomic mass is 79.9. The van der Waals surface area contributed by atoms with Gasteiger partial charge in [-0.05, 0) is 60.5 Å². The molecule has 0 unspecified atom stereocenters. The number of aryl methyl sites for hydroxylation is 1. The summed E-state index contributed by atoms with van der Waals surface area (Å²) < 4.78 is 20.4. The molecule has 0 saturated carbocycles. The molecule has 1 atom stereocenters. The van der Waals surface area contributed by atoms with Gasteiger partial charge in [0.1, 0.15) is 11.9 Å². The van der Waals surface area contributed by atoms with Crippen molar-refractivity contribution in [3.63, 3.8) is 0 Å². The van der Waals surface area contributed by atoms with Gasteiger partial charge in [-0.3, -0.25) is 0 Å². The number of benzene rings is 3. The summed E-state index contributed by atoms with van der Waals surface area (Å²) in [6.45, 7) is 2.00. The minimum Gasteiger partial charge on any atom is -0.418 e. The number of nitrogens with one attached hydrogen (secondary N) is 1. The Morgan fingerprint density at radius 3 is 2.52 bits per heavy atom. The zero-order valence-electron chi connectivity index (χ0n) is 15.4. The molecule has 3 aromatic carbocycles. The Morgan fingerprint density at radius 1 is 1.03 bits per heavy atom. The number of anilines is 1. The van der Waals surface area contributed by atoms with Crippen molar-refractivity contribution in [3.8, 4) is 11.5 Å². The fraction of sp³-hybridized carbons (Fsp3) is 0.0909. The van der Waals surface area contributed by atoms with Crippen molar-refractivity contribution in [1.29, 1.82) is 0 Å². The van der Waals surface area contributed by atoms with Gasteiger partial charge in [0.25, 0.3) is 0 Å². The van der Waals surface area contributed by atoms with Gasteiger partial charge >= 0.3 is 0 Å². The first-order valence-corrected chi connectivity index (χ1v) is 10.0. The number of hydrogen-bond acceptors (Lipinski definition) is 4. The van der Waals surface area contributed by atoms with Gasteiger partial charge in [-0.2, -0.15) is 0 Å². The molecule has 4 rings (SSSR count). The largest absolute Gasteiger partial charge is 0.418 e. The second-order valence-corrected chi connectivity index (χ2v) is 7.78. The van der Waals surface area contributed by atoms with Gasteiger partial charge < -0.3 is 9.73 Å². The van der Waals surface area contributed by atoms with Crippen LogP contribution in [0.15, 0.2) is 75.6 Å². The zero-order valence-corrected chi connectivity index (χ0v) is 17.7. The van der Waals surface area contributed by atoms with Gasteiger partial charge in [0.05, 0.1) is 10.6 Å². The molecule has 0 amide bonds. The van der Waals surface area contributed by atoms with Crippen molar-refractivity contribution in [2.75, 3.05) is 5.32 Å². The predicted octanol–water partition coefficient (Wildman–Crippen LogP) is 6.80. The highest BCUT2D eigenvalue weighted by Crippen LogP contribution is 2.32. The maximum Gasteiger partial charge on any atom is 0.249 e. The van der Waals surface area contributed by atoms with Crippen molar-refractivity contribution in [2.24, 2.45) is 0 Å². The lowest BCUT2D eigenvalue weighted by Crippen LogP contribution is -2.13. The summed E-state index contributed by atoms with van der Waals surface area (Å²) in [5.41, 5.74) is 3.40. The lowest BCUT2D eigenvalue weighted by atomic mass is 10.1. The van der Waals surface area contributed by atoms with Crippen LogP contribution in [0.5, 0.6) is 0 Å². The average molecular weight is 473 g/mol. The number of aromatic nitrogens is 2. The Morgan fingerprint density at radius 2 is 1.79 bits per heavy atom. The van der Waals surface area contributed by atoms with Crippen LogP contribution in [0, 0.1) is 12.7 Å². The molecule has 4 aromatic rings. The summed E-state index contributed by atoms with van der Waals surface area (Å²) in [5, 5.41) is 12.3. The molecule has 0 aliphatic heterocycles. The summed E-state index contributed by atoms with van der Waals surface area (Å²) >= 11 is 9.76. The van der Waals surface area contributed by atoms with Crippen molar-refractivity contribution < 1.29 is 8.81 Å². The molecule has 0 radical (unpaired) electrons. The maximum absolute atomic E-state index is 13.5. The fourth-order valence-electron chi connectivity index (χ4n) is 2.94. The molecule has 0 aliphatic carbocycles. The molecular weight excluding hydrogens is 457 g/mol. The topological polar surface area (TPSA) is 51.0 Å². The van der Waals surface area contributed by atoms with Crippen molar-refractivity contribution >= 4 is 33.2 Å². The first kappa shape index (κ1) is 19.6. The van der Waals surface area contributed by atoms with Gasteiger partial charge in [-0.25, -0.2) is 4.39 Å². The first-order valence-electron chi connectivity index (χ1n) is 8.88. The third kappa shape index (κ3) is 4.33. The smallest absolute Gasteiger partial charge is 0.249 e. The third-order valence-electron chi connectivity index (χ3n) is 4.46. The molecule has 1 heterocycles. The van der Waals surface area contributed by atoms with Crippen molar-refractivity contribution in [1.82, 2.24) is 10.2 Å². The van der Waals surface area contributed by atoms with Crippen LogP contribution in [-0.2, 0) is 0 Å². The van der Waals surface area contributed by atoms with Crippen LogP contribution in [0.1, 0.15) is 23.1 Å². The quantitative estimate of drug-likeness (QED) is 0.347. The van der Waals surface area contributed by atoms with E-state index in [0.717, 1.165) is 21.3 Å². The van der Waals surface area contributed by atoms with E-state index in [1.54, 1.807) is 18.2 Å². The molecule has 0 fully saturated rings. The monoisotopic (exact) mass is 471 g/mol. The van der Waals surface area contributed by atoms with Crippen LogP contribution in [0.4, 0.5) is 10.1 Å². The number of halogens is 3. The van der Waals surface area contributed by atoms with Crippen LogP contribution in [0.3, 0.4) is 0 Å². The van der Waals surface area contributed by atoms with Crippen LogP contribution >= 0.6 is 27.5 Å². The number of hydrogen-bond donors (Lipinski definition) is 1. The minimum absolute atomic E-state index is 0.311. The highest BCUT2D eigenvalue weighted by molar-refractivity contribution is 9.10. The lowest BCUT2D eigenvalue weighted by molar-refractivity contribution is 0.494. The molecule has 0 bridgehead atoms. The first-order chi connectivity index (χ1) is 14.0. The Kier molecular flexibility index (Phi) is 5.65. The van der Waals surface area contributed by atoms with E-state index in [1.165, 1.54) is 12.1 Å². The summed E-state index contributed by atoms with van der Waals surface area (Å²) in [6, 6.07) is 18.9. The Bertz CT molecular complexity index is 1150. The number of rotatable bonds is 5. The minimum atomic E-state index is -0.458. The van der Waals surface area contributed by atoms with Crippen LogP contribution in [-0.4, -0.2) is 10.2 Å². The molecule has 4 nitrogen and oxygen atoms in total. The molecule has 146 valence electrons. The molecule has 0 spiro atoms. The Balaban J connectivity index is 1.73. The van der Waals surface area contributed by atoms with Crippen LogP contribution in [0.25, 0.3) is 11.5 Å². The van der Waals surface area contributed by atoms with E-state index in [2.05, 4.69) is 31.4 Å². The van der Waals surface area contributed by atoms with Gasteiger partial charge in [0, 0.05) is 10.2 Å². The highest BCUT2D eigenvalue weighted by Gasteiger charge is 2.22. The summed E-state index contributed by atoms with van der Waals surface area (Å²) in [5.74, 6) is 0.368. The standard InChI is InChI=1S/C22H16BrClFN3O/c1-13-12-16(10-11-18(13)23)26-20(14-6-8-15(25)9-7-14)22-28-27-21(29-22)17-4-2-3-5-19(17)24/h2-12,20,26H,1H3/t20-/m1/s1. The van der Waals surface area contributed by atoms with Crippen molar-refractivity contribution in [3.05, 3.63) is 99.1 Å². The van der Waals surface area contributed by atoms with E-state index >= 15 is 0 Å². The second kappa shape index (κ2) is 8.35. The normalized spacial score (nSPS) is 12.0. The van der Waals surface area contributed by atoms with E-state index in [4.69, 9.17) is 16.0 Å². The Labute approximate surface area is 180 Å². The second-order valence-electron chi connectivity index (χ2n) is 6.52. The predicted molar refractivity (Wildman–Crippen MR) is 115 cm³/mol. The molecular formula is C22H16BrClFN3O. The fourth-order valence-corrected chi connectivity index (χ4v) is 3.40. The van der Waals surface area contributed by atoms with Gasteiger partial charge in [-0.15, -0.1) is 10.2 Å². The molecule has 29 heavy (non-hydrogen) atoms. The summed E-state index contributed by atoms with van der Waals surface area (Å²) in [4.78, 5) is 0. The lowest BCUT2D eigenvalue weighted by Gasteiger charge is -2.18. The van der Waals surface area contributed by atoms with Gasteiger partial charge in [-0.1, -0.05) is 51.8 Å². The molecule has 0 aliphatic rings. The van der Waals surface area contributed by atoms with E-state index in [0.29, 0.717) is 22.4 Å². The van der Waals surface area contributed by atoms with Crippen LogP contribution in [0.2, 0.25) is 5.02 Å². The molecule has 0 saturated heterocycles. The van der Waals surface area contributed by atoms with E-state index < -0.39 is 6.04 Å². The van der Waals surface area contributed by atoms with E-state index in [-0.39, 0.29) is 5.82 Å². The SMILES string of the molecule is Cc1cc(N[C@H](c2ccc(F)cc2)c2nnc(-c3ccccc3Cl)o2)ccc1Br.